The highest BCUT2D eigenvalue weighted by atomic mass is 32.1. The normalized spacial score (nSPS) is 11.8. The van der Waals surface area contributed by atoms with Crippen molar-refractivity contribution >= 4 is 74.6 Å². The number of nitrogens with zero attached hydrogens (tertiary/aromatic N) is 3. The van der Waals surface area contributed by atoms with E-state index in [1.807, 2.05) is 0 Å². The monoisotopic (exact) mass is 691 g/mol. The quantitative estimate of drug-likeness (QED) is 0.172. The number of benzene rings is 9. The van der Waals surface area contributed by atoms with Gasteiger partial charge in [0.2, 0.25) is 0 Å². The molecule has 0 fully saturated rings. The van der Waals surface area contributed by atoms with Gasteiger partial charge in [0.1, 0.15) is 0 Å². The van der Waals surface area contributed by atoms with Crippen LogP contribution in [0, 0.1) is 0 Å². The van der Waals surface area contributed by atoms with Crippen LogP contribution in [0.25, 0.3) is 109 Å². The van der Waals surface area contributed by atoms with Crippen LogP contribution in [0.15, 0.2) is 176 Å². The van der Waals surface area contributed by atoms with E-state index in [1.165, 1.54) is 63.4 Å². The molecule has 11 aromatic rings. The second-order valence-electron chi connectivity index (χ2n) is 13.6. The van der Waals surface area contributed by atoms with Crippen LogP contribution in [-0.4, -0.2) is 15.0 Å². The lowest BCUT2D eigenvalue weighted by Gasteiger charge is -2.11. The Bertz CT molecular complexity index is 3230. The van der Waals surface area contributed by atoms with Gasteiger partial charge in [-0.1, -0.05) is 152 Å². The lowest BCUT2D eigenvalue weighted by Crippen LogP contribution is -2.00. The summed E-state index contributed by atoms with van der Waals surface area (Å²) in [6, 6.07) is 62.8. The Balaban J connectivity index is 1.07. The summed E-state index contributed by atoms with van der Waals surface area (Å²) >= 11 is 1.79. The van der Waals surface area contributed by atoms with Gasteiger partial charge in [-0.05, 0) is 78.5 Å². The summed E-state index contributed by atoms with van der Waals surface area (Å²) in [7, 11) is 0. The summed E-state index contributed by atoms with van der Waals surface area (Å²) in [5, 5.41) is 12.3. The molecule has 0 aliphatic carbocycles. The molecule has 4 heteroatoms. The Hall–Kier alpha value is -6.75. The first-order valence-electron chi connectivity index (χ1n) is 17.8. The van der Waals surface area contributed by atoms with Crippen molar-refractivity contribution in [2.75, 3.05) is 0 Å². The Morgan fingerprint density at radius 1 is 0.302 bits per heavy atom. The van der Waals surface area contributed by atoms with E-state index in [2.05, 4.69) is 176 Å². The second-order valence-corrected chi connectivity index (χ2v) is 14.7. The molecule has 53 heavy (non-hydrogen) atoms. The molecule has 0 N–H and O–H groups in total. The Morgan fingerprint density at radius 3 is 1.70 bits per heavy atom. The average molecular weight is 692 g/mol. The number of hydrogen-bond donors (Lipinski definition) is 0. The summed E-state index contributed by atoms with van der Waals surface area (Å²) in [4.78, 5) is 15.5. The van der Waals surface area contributed by atoms with E-state index in [9.17, 15) is 0 Å². The van der Waals surface area contributed by atoms with E-state index in [-0.39, 0.29) is 0 Å². The first-order valence-corrected chi connectivity index (χ1v) is 18.7. The van der Waals surface area contributed by atoms with Gasteiger partial charge in [0.25, 0.3) is 0 Å². The van der Waals surface area contributed by atoms with E-state index in [4.69, 9.17) is 15.0 Å². The highest BCUT2D eigenvalue weighted by molar-refractivity contribution is 7.26. The van der Waals surface area contributed by atoms with Crippen molar-refractivity contribution in [3.63, 3.8) is 0 Å². The molecule has 0 unspecified atom stereocenters. The van der Waals surface area contributed by atoms with Gasteiger partial charge in [-0.2, -0.15) is 0 Å². The van der Waals surface area contributed by atoms with Gasteiger partial charge in [0, 0.05) is 36.9 Å². The second kappa shape index (κ2) is 11.9. The molecule has 0 atom stereocenters. The third-order valence-electron chi connectivity index (χ3n) is 10.5. The highest BCUT2D eigenvalue weighted by Crippen LogP contribution is 2.40. The summed E-state index contributed by atoms with van der Waals surface area (Å²) in [5.74, 6) is 1.98. The van der Waals surface area contributed by atoms with Crippen LogP contribution < -0.4 is 0 Å². The maximum absolute atomic E-state index is 5.21. The molecule has 246 valence electrons. The van der Waals surface area contributed by atoms with Crippen molar-refractivity contribution in [1.82, 2.24) is 15.0 Å². The van der Waals surface area contributed by atoms with E-state index >= 15 is 0 Å². The standard InChI is InChI=1S/C49H29N3S/c1-2-10-34-28-35(21-18-30(34)8-1)31-16-19-33(20-17-31)47-50-48(52-49(51-47)44-14-7-13-43-42-12-5-6-15-45(42)53-46(43)44)37-24-25-39-36(29-37)23-27-40-38-11-4-3-9-32(38)22-26-41(39)40/h1-29H. The third-order valence-corrected chi connectivity index (χ3v) is 11.7. The Kier molecular flexibility index (Phi) is 6.73. The molecule has 0 amide bonds. The minimum absolute atomic E-state index is 0.651. The van der Waals surface area contributed by atoms with Gasteiger partial charge in [0.05, 0.1) is 0 Å². The van der Waals surface area contributed by atoms with Crippen LogP contribution in [0.2, 0.25) is 0 Å². The molecule has 0 aliphatic heterocycles. The van der Waals surface area contributed by atoms with Gasteiger partial charge in [-0.15, -0.1) is 11.3 Å². The number of aromatic nitrogens is 3. The maximum atomic E-state index is 5.21. The van der Waals surface area contributed by atoms with E-state index in [1.54, 1.807) is 11.3 Å². The lowest BCUT2D eigenvalue weighted by molar-refractivity contribution is 1.08. The fraction of sp³-hybridized carbons (Fsp3) is 0. The molecule has 0 saturated heterocycles. The molecule has 11 rings (SSSR count). The van der Waals surface area contributed by atoms with Gasteiger partial charge in [-0.25, -0.2) is 15.0 Å². The molecule has 2 aromatic heterocycles. The minimum atomic E-state index is 0.651. The van der Waals surface area contributed by atoms with Gasteiger partial charge >= 0.3 is 0 Å². The molecular weight excluding hydrogens is 663 g/mol. The van der Waals surface area contributed by atoms with Crippen molar-refractivity contribution in [2.45, 2.75) is 0 Å². The van der Waals surface area contributed by atoms with E-state index in [0.717, 1.165) is 27.6 Å². The molecular formula is C49H29N3S. The lowest BCUT2D eigenvalue weighted by atomic mass is 9.96. The largest absolute Gasteiger partial charge is 0.208 e. The maximum Gasteiger partial charge on any atom is 0.165 e. The molecule has 0 radical (unpaired) electrons. The van der Waals surface area contributed by atoms with Crippen molar-refractivity contribution < 1.29 is 0 Å². The van der Waals surface area contributed by atoms with Crippen LogP contribution in [0.5, 0.6) is 0 Å². The molecule has 0 aliphatic rings. The summed E-state index contributed by atoms with van der Waals surface area (Å²) in [6.07, 6.45) is 0. The van der Waals surface area contributed by atoms with Crippen LogP contribution in [0.3, 0.4) is 0 Å². The predicted molar refractivity (Wildman–Crippen MR) is 224 cm³/mol. The van der Waals surface area contributed by atoms with Gasteiger partial charge in [-0.3, -0.25) is 0 Å². The van der Waals surface area contributed by atoms with Crippen LogP contribution in [0.4, 0.5) is 0 Å². The zero-order valence-corrected chi connectivity index (χ0v) is 29.3. The molecule has 0 spiro atoms. The van der Waals surface area contributed by atoms with Crippen LogP contribution in [0.1, 0.15) is 0 Å². The zero-order chi connectivity index (χ0) is 34.9. The minimum Gasteiger partial charge on any atom is -0.208 e. The summed E-state index contributed by atoms with van der Waals surface area (Å²) in [5.41, 5.74) is 5.25. The summed E-state index contributed by atoms with van der Waals surface area (Å²) in [6.45, 7) is 0. The Labute approximate surface area is 309 Å². The van der Waals surface area contributed by atoms with Crippen molar-refractivity contribution in [1.29, 1.82) is 0 Å². The fourth-order valence-corrected chi connectivity index (χ4v) is 9.04. The van der Waals surface area contributed by atoms with Crippen molar-refractivity contribution in [3.8, 4) is 45.3 Å². The van der Waals surface area contributed by atoms with Crippen molar-refractivity contribution in [3.05, 3.63) is 176 Å². The van der Waals surface area contributed by atoms with E-state index in [0.29, 0.717) is 17.5 Å². The highest BCUT2D eigenvalue weighted by Gasteiger charge is 2.17. The molecule has 3 nitrogen and oxygen atoms in total. The number of fused-ring (bicyclic) bond motifs is 9. The molecule has 0 bridgehead atoms. The number of rotatable bonds is 4. The number of hydrogen-bond acceptors (Lipinski definition) is 4. The number of thiophene rings is 1. The fourth-order valence-electron chi connectivity index (χ4n) is 7.83. The smallest absolute Gasteiger partial charge is 0.165 e. The van der Waals surface area contributed by atoms with E-state index < -0.39 is 0 Å². The van der Waals surface area contributed by atoms with Crippen molar-refractivity contribution in [2.24, 2.45) is 0 Å². The topological polar surface area (TPSA) is 38.7 Å². The van der Waals surface area contributed by atoms with Crippen LogP contribution >= 0.6 is 11.3 Å². The predicted octanol–water partition coefficient (Wildman–Crippen LogP) is 13.5. The third kappa shape index (κ3) is 4.99. The summed E-state index contributed by atoms with van der Waals surface area (Å²) < 4.78 is 2.43. The first kappa shape index (κ1) is 29.9. The average Bonchev–Trinajstić information content (AvgIpc) is 3.62. The molecule has 2 heterocycles. The molecule has 0 saturated carbocycles. The SMILES string of the molecule is c1ccc2cc(-c3ccc(-c4nc(-c5ccc6c(ccc7c8ccccc8ccc67)c5)nc(-c5cccc6c5sc5ccccc56)n4)cc3)ccc2c1. The Morgan fingerprint density at radius 2 is 0.849 bits per heavy atom. The van der Waals surface area contributed by atoms with Crippen LogP contribution in [-0.2, 0) is 0 Å². The van der Waals surface area contributed by atoms with Gasteiger partial charge < -0.3 is 0 Å². The van der Waals surface area contributed by atoms with Gasteiger partial charge in [0.15, 0.2) is 17.5 Å². The zero-order valence-electron chi connectivity index (χ0n) is 28.5. The first-order chi connectivity index (χ1) is 26.2. The molecule has 9 aromatic carbocycles.